The molecule has 3 N–H and O–H groups in total. The average molecular weight is 285 g/mol. The van der Waals surface area contributed by atoms with Crippen LogP contribution in [-0.4, -0.2) is 25.2 Å². The number of anilines is 2. The number of ether oxygens (including phenoxy) is 1. The normalized spacial score (nSPS) is 16.1. The average Bonchev–Trinajstić information content (AvgIpc) is 3.25. The molecule has 3 rings (SSSR count). The third-order valence-electron chi connectivity index (χ3n) is 4.52. The predicted octanol–water partition coefficient (Wildman–Crippen LogP) is 3.35. The minimum atomic E-state index is 0.422. The number of aromatic nitrogens is 1. The van der Waals surface area contributed by atoms with Crippen molar-refractivity contribution in [3.05, 3.63) is 30.1 Å². The molecule has 1 saturated carbocycles. The molecule has 0 aliphatic heterocycles. The zero-order valence-corrected chi connectivity index (χ0v) is 12.8. The summed E-state index contributed by atoms with van der Waals surface area (Å²) in [6.45, 7) is 3.84. The number of methoxy groups -OCH3 is 1. The van der Waals surface area contributed by atoms with E-state index in [0.717, 1.165) is 47.4 Å². The van der Waals surface area contributed by atoms with Gasteiger partial charge in [-0.15, -0.1) is 0 Å². The topological polar surface area (TPSA) is 60.2 Å². The van der Waals surface area contributed by atoms with Crippen LogP contribution in [0.5, 0.6) is 0 Å². The van der Waals surface area contributed by atoms with Crippen LogP contribution in [0, 0.1) is 12.3 Å². The van der Waals surface area contributed by atoms with Crippen molar-refractivity contribution in [2.45, 2.75) is 26.2 Å². The monoisotopic (exact) mass is 285 g/mol. The molecular formula is C17H23N3O. The van der Waals surface area contributed by atoms with Gasteiger partial charge >= 0.3 is 0 Å². The van der Waals surface area contributed by atoms with Crippen molar-refractivity contribution in [2.75, 3.05) is 31.3 Å². The van der Waals surface area contributed by atoms with Crippen LogP contribution in [0.4, 0.5) is 11.4 Å². The Balaban J connectivity index is 1.81. The van der Waals surface area contributed by atoms with Gasteiger partial charge in [0.05, 0.1) is 0 Å². The van der Waals surface area contributed by atoms with Crippen LogP contribution in [0.2, 0.25) is 0 Å². The second-order valence-corrected chi connectivity index (χ2v) is 6.17. The number of nitrogens with two attached hydrogens (primary N) is 1. The molecule has 4 heteroatoms. The largest absolute Gasteiger partial charge is 0.398 e. The summed E-state index contributed by atoms with van der Waals surface area (Å²) in [5.74, 6) is 0. The molecule has 1 heterocycles. The first-order valence-corrected chi connectivity index (χ1v) is 7.51. The van der Waals surface area contributed by atoms with E-state index >= 15 is 0 Å². The van der Waals surface area contributed by atoms with Gasteiger partial charge < -0.3 is 15.8 Å². The molecule has 0 radical (unpaired) electrons. The Kier molecular flexibility index (Phi) is 3.72. The molecule has 0 amide bonds. The van der Waals surface area contributed by atoms with Crippen molar-refractivity contribution >= 4 is 22.1 Å². The van der Waals surface area contributed by atoms with Crippen molar-refractivity contribution in [1.82, 2.24) is 4.98 Å². The van der Waals surface area contributed by atoms with E-state index in [1.54, 1.807) is 7.11 Å². The van der Waals surface area contributed by atoms with E-state index in [-0.39, 0.29) is 0 Å². The molecule has 0 bridgehead atoms. The quantitative estimate of drug-likeness (QED) is 0.799. The Morgan fingerprint density at radius 1 is 1.33 bits per heavy atom. The molecule has 21 heavy (non-hydrogen) atoms. The summed E-state index contributed by atoms with van der Waals surface area (Å²) in [5, 5.41) is 5.79. The highest BCUT2D eigenvalue weighted by atomic mass is 16.5. The van der Waals surface area contributed by atoms with Crippen molar-refractivity contribution < 1.29 is 4.74 Å². The fourth-order valence-corrected chi connectivity index (χ4v) is 2.81. The highest BCUT2D eigenvalue weighted by Crippen LogP contribution is 2.49. The van der Waals surface area contributed by atoms with Gasteiger partial charge in [0.15, 0.2) is 0 Å². The summed E-state index contributed by atoms with van der Waals surface area (Å²) in [7, 11) is 1.77. The first-order valence-electron chi connectivity index (χ1n) is 7.51. The zero-order valence-electron chi connectivity index (χ0n) is 12.8. The smallest absolute Gasteiger partial charge is 0.0468 e. The lowest BCUT2D eigenvalue weighted by Gasteiger charge is -2.18. The molecule has 1 aromatic carbocycles. The van der Waals surface area contributed by atoms with Gasteiger partial charge in [0.1, 0.15) is 0 Å². The number of nitrogen functional groups attached to an aromatic ring is 1. The molecule has 4 nitrogen and oxygen atoms in total. The minimum absolute atomic E-state index is 0.422. The van der Waals surface area contributed by atoms with Crippen LogP contribution in [0.1, 0.15) is 25.0 Å². The third-order valence-corrected chi connectivity index (χ3v) is 4.52. The van der Waals surface area contributed by atoms with Gasteiger partial charge in [-0.2, -0.15) is 0 Å². The molecule has 1 aliphatic carbocycles. The lowest BCUT2D eigenvalue weighted by molar-refractivity contribution is 0.175. The van der Waals surface area contributed by atoms with E-state index in [9.17, 15) is 0 Å². The Morgan fingerprint density at radius 3 is 2.86 bits per heavy atom. The van der Waals surface area contributed by atoms with Crippen LogP contribution in [0.15, 0.2) is 24.4 Å². The predicted molar refractivity (Wildman–Crippen MR) is 87.5 cm³/mol. The third kappa shape index (κ3) is 2.95. The van der Waals surface area contributed by atoms with E-state index in [4.69, 9.17) is 10.5 Å². The molecule has 0 saturated heterocycles. The van der Waals surface area contributed by atoms with Crippen molar-refractivity contribution in [2.24, 2.45) is 5.41 Å². The fourth-order valence-electron chi connectivity index (χ4n) is 2.81. The fraction of sp³-hybridized carbons (Fsp3) is 0.471. The number of rotatable bonds is 6. The van der Waals surface area contributed by atoms with Crippen LogP contribution < -0.4 is 11.1 Å². The maximum atomic E-state index is 6.05. The van der Waals surface area contributed by atoms with E-state index in [1.165, 1.54) is 12.8 Å². The molecule has 0 spiro atoms. The Labute approximate surface area is 125 Å². The standard InChI is InChI=1S/C17H23N3O/c1-12-9-13-14(10-19-12)15(18)3-4-16(13)20-11-17(5-6-17)7-8-21-2/h3-4,9-10,20H,5-8,11,18H2,1-2H3. The van der Waals surface area contributed by atoms with Crippen LogP contribution >= 0.6 is 0 Å². The molecule has 1 fully saturated rings. The maximum Gasteiger partial charge on any atom is 0.0468 e. The Hall–Kier alpha value is -1.81. The summed E-state index contributed by atoms with van der Waals surface area (Å²) in [6, 6.07) is 6.13. The molecule has 2 aromatic rings. The lowest BCUT2D eigenvalue weighted by atomic mass is 10.0. The maximum absolute atomic E-state index is 6.05. The first-order chi connectivity index (χ1) is 10.1. The van der Waals surface area contributed by atoms with E-state index < -0.39 is 0 Å². The number of benzene rings is 1. The van der Waals surface area contributed by atoms with Gasteiger partial charge in [-0.1, -0.05) is 0 Å². The summed E-state index contributed by atoms with van der Waals surface area (Å²) >= 11 is 0. The molecular weight excluding hydrogens is 262 g/mol. The van der Waals surface area contributed by atoms with Gasteiger partial charge in [-0.05, 0) is 49.8 Å². The number of fused-ring (bicyclic) bond motifs is 1. The van der Waals surface area contributed by atoms with Crippen molar-refractivity contribution in [1.29, 1.82) is 0 Å². The summed E-state index contributed by atoms with van der Waals surface area (Å²) in [5.41, 5.74) is 9.41. The molecule has 1 aliphatic rings. The van der Waals surface area contributed by atoms with Crippen LogP contribution in [0.25, 0.3) is 10.8 Å². The first kappa shape index (κ1) is 14.1. The molecule has 0 atom stereocenters. The molecule has 1 aromatic heterocycles. The zero-order chi connectivity index (χ0) is 14.9. The van der Waals surface area contributed by atoms with Gasteiger partial charge in [0.2, 0.25) is 0 Å². The summed E-state index contributed by atoms with van der Waals surface area (Å²) in [6.07, 6.45) is 5.57. The molecule has 0 unspecified atom stereocenters. The Morgan fingerprint density at radius 2 is 2.14 bits per heavy atom. The highest BCUT2D eigenvalue weighted by molar-refractivity contribution is 6.00. The SMILES string of the molecule is COCCC1(CNc2ccc(N)c3cnc(C)cc23)CC1. The second-order valence-electron chi connectivity index (χ2n) is 6.17. The summed E-state index contributed by atoms with van der Waals surface area (Å²) in [4.78, 5) is 4.35. The number of nitrogens with one attached hydrogen (secondary N) is 1. The minimum Gasteiger partial charge on any atom is -0.398 e. The number of pyridine rings is 1. The van der Waals surface area contributed by atoms with Crippen molar-refractivity contribution in [3.8, 4) is 0 Å². The highest BCUT2D eigenvalue weighted by Gasteiger charge is 2.41. The number of nitrogens with zero attached hydrogens (tertiary/aromatic N) is 1. The van der Waals surface area contributed by atoms with Crippen LogP contribution in [0.3, 0.4) is 0 Å². The van der Waals surface area contributed by atoms with E-state index in [0.29, 0.717) is 5.41 Å². The van der Waals surface area contributed by atoms with Gasteiger partial charge in [0, 0.05) is 54.3 Å². The lowest BCUT2D eigenvalue weighted by Crippen LogP contribution is -2.17. The van der Waals surface area contributed by atoms with E-state index in [2.05, 4.69) is 22.4 Å². The van der Waals surface area contributed by atoms with Gasteiger partial charge in [-0.3, -0.25) is 4.98 Å². The number of aryl methyl sites for hydroxylation is 1. The van der Waals surface area contributed by atoms with E-state index in [1.807, 2.05) is 19.2 Å². The number of hydrogen-bond acceptors (Lipinski definition) is 4. The second kappa shape index (κ2) is 5.53. The number of hydrogen-bond donors (Lipinski definition) is 2. The van der Waals surface area contributed by atoms with Gasteiger partial charge in [-0.25, -0.2) is 0 Å². The van der Waals surface area contributed by atoms with Crippen molar-refractivity contribution in [3.63, 3.8) is 0 Å². The molecule has 112 valence electrons. The summed E-state index contributed by atoms with van der Waals surface area (Å²) < 4.78 is 5.22. The van der Waals surface area contributed by atoms with Gasteiger partial charge in [0.25, 0.3) is 0 Å². The Bertz CT molecular complexity index is 650. The van der Waals surface area contributed by atoms with Crippen LogP contribution in [-0.2, 0) is 4.74 Å².